The summed E-state index contributed by atoms with van der Waals surface area (Å²) in [5.41, 5.74) is 4.77. The Hall–Kier alpha value is -3.71. The molecule has 0 bridgehead atoms. The van der Waals surface area contributed by atoms with Gasteiger partial charge in [0.2, 0.25) is 5.56 Å². The number of nitrogens with one attached hydrogen (secondary N) is 3. The highest BCUT2D eigenvalue weighted by Crippen LogP contribution is 2.22. The average molecular weight is 416 g/mol. The maximum absolute atomic E-state index is 12.7. The number of benzene rings is 2. The molecular formula is C24H24N4O3. The number of aromatic nitrogens is 1. The van der Waals surface area contributed by atoms with E-state index < -0.39 is 0 Å². The van der Waals surface area contributed by atoms with Gasteiger partial charge in [0.25, 0.3) is 11.8 Å². The third-order valence-corrected chi connectivity index (χ3v) is 5.36. The minimum absolute atomic E-state index is 0.196. The zero-order chi connectivity index (χ0) is 21.8. The molecule has 1 aromatic heterocycles. The monoisotopic (exact) mass is 416 g/mol. The molecule has 158 valence electrons. The molecule has 1 aliphatic rings. The van der Waals surface area contributed by atoms with Crippen molar-refractivity contribution in [3.63, 3.8) is 0 Å². The van der Waals surface area contributed by atoms with Gasteiger partial charge in [-0.3, -0.25) is 14.4 Å². The molecule has 4 rings (SSSR count). The van der Waals surface area contributed by atoms with Crippen LogP contribution < -0.4 is 16.2 Å². The molecule has 0 saturated carbocycles. The summed E-state index contributed by atoms with van der Waals surface area (Å²) < 4.78 is 0. The molecule has 0 unspecified atom stereocenters. The fourth-order valence-electron chi connectivity index (χ4n) is 3.64. The van der Waals surface area contributed by atoms with Crippen molar-refractivity contribution in [3.8, 4) is 0 Å². The van der Waals surface area contributed by atoms with Crippen LogP contribution in [-0.2, 0) is 19.5 Å². The number of carbonyl (C=O) groups is 2. The lowest BCUT2D eigenvalue weighted by Gasteiger charge is -2.25. The van der Waals surface area contributed by atoms with E-state index in [0.29, 0.717) is 11.1 Å². The first-order valence-corrected chi connectivity index (χ1v) is 10.2. The van der Waals surface area contributed by atoms with Gasteiger partial charge in [0.1, 0.15) is 0 Å². The highest BCUT2D eigenvalue weighted by atomic mass is 16.2. The third-order valence-electron chi connectivity index (χ3n) is 5.36. The van der Waals surface area contributed by atoms with E-state index in [1.807, 2.05) is 18.2 Å². The summed E-state index contributed by atoms with van der Waals surface area (Å²) in [6, 6.07) is 16.0. The lowest BCUT2D eigenvalue weighted by atomic mass is 9.99. The third kappa shape index (κ3) is 5.07. The van der Waals surface area contributed by atoms with E-state index in [4.69, 9.17) is 0 Å². The first-order valence-electron chi connectivity index (χ1n) is 10.2. The smallest absolute Gasteiger partial charge is 0.255 e. The van der Waals surface area contributed by atoms with Crippen molar-refractivity contribution >= 4 is 17.5 Å². The number of rotatable bonds is 5. The Bertz CT molecular complexity index is 1160. The summed E-state index contributed by atoms with van der Waals surface area (Å²) in [6.07, 6.45) is 2.39. The molecular weight excluding hydrogens is 392 g/mol. The molecule has 2 amide bonds. The molecule has 31 heavy (non-hydrogen) atoms. The number of aromatic amines is 1. The molecule has 0 saturated heterocycles. The zero-order valence-electron chi connectivity index (χ0n) is 17.3. The summed E-state index contributed by atoms with van der Waals surface area (Å²) in [6.45, 7) is 2.19. The van der Waals surface area contributed by atoms with Crippen LogP contribution in [0.2, 0.25) is 0 Å². The lowest BCUT2D eigenvalue weighted by molar-refractivity contribution is 0.0950. The summed E-state index contributed by atoms with van der Waals surface area (Å²) in [7, 11) is 2.09. The van der Waals surface area contributed by atoms with Crippen molar-refractivity contribution in [1.29, 1.82) is 0 Å². The van der Waals surface area contributed by atoms with Gasteiger partial charge >= 0.3 is 0 Å². The quantitative estimate of drug-likeness (QED) is 0.596. The molecule has 0 atom stereocenters. The molecule has 2 heterocycles. The Morgan fingerprint density at radius 2 is 1.87 bits per heavy atom. The minimum atomic E-state index is -0.301. The maximum Gasteiger partial charge on any atom is 0.255 e. The van der Waals surface area contributed by atoms with Gasteiger partial charge in [0.15, 0.2) is 0 Å². The average Bonchev–Trinajstić information content (AvgIpc) is 2.78. The molecule has 0 aliphatic carbocycles. The molecule has 3 N–H and O–H groups in total. The van der Waals surface area contributed by atoms with E-state index in [9.17, 15) is 14.4 Å². The van der Waals surface area contributed by atoms with Gasteiger partial charge in [0, 0.05) is 43.1 Å². The SMILES string of the molecule is CN1CCc2ccc(NC(=O)c3cccc(CNC(=O)c4ccc(=O)[nH]c4)c3)cc2C1. The zero-order valence-corrected chi connectivity index (χ0v) is 17.3. The molecule has 2 aromatic carbocycles. The highest BCUT2D eigenvalue weighted by molar-refractivity contribution is 6.04. The Labute approximate surface area is 180 Å². The maximum atomic E-state index is 12.7. The van der Waals surface area contributed by atoms with Gasteiger partial charge < -0.3 is 20.5 Å². The minimum Gasteiger partial charge on any atom is -0.348 e. The predicted molar refractivity (Wildman–Crippen MR) is 119 cm³/mol. The van der Waals surface area contributed by atoms with Crippen LogP contribution in [0.5, 0.6) is 0 Å². The van der Waals surface area contributed by atoms with Crippen LogP contribution in [0.4, 0.5) is 5.69 Å². The second-order valence-electron chi connectivity index (χ2n) is 7.75. The van der Waals surface area contributed by atoms with Gasteiger partial charge in [0.05, 0.1) is 5.56 Å². The van der Waals surface area contributed by atoms with E-state index in [1.165, 1.54) is 29.5 Å². The topological polar surface area (TPSA) is 94.3 Å². The standard InChI is InChI=1S/C24H24N4O3/c1-28-10-9-17-5-7-21(12-20(17)15-28)27-24(31)18-4-2-3-16(11-18)13-26-23(30)19-6-8-22(29)25-14-19/h2-8,11-12,14H,9-10,13,15H2,1H3,(H,25,29)(H,26,30)(H,27,31). The number of anilines is 1. The van der Waals surface area contributed by atoms with Crippen molar-refractivity contribution in [2.75, 3.05) is 18.9 Å². The van der Waals surface area contributed by atoms with Crippen LogP contribution in [0.3, 0.4) is 0 Å². The van der Waals surface area contributed by atoms with Crippen molar-refractivity contribution < 1.29 is 9.59 Å². The Morgan fingerprint density at radius 1 is 1.00 bits per heavy atom. The largest absolute Gasteiger partial charge is 0.348 e. The summed E-state index contributed by atoms with van der Waals surface area (Å²) in [4.78, 5) is 40.8. The van der Waals surface area contributed by atoms with E-state index in [-0.39, 0.29) is 23.9 Å². The van der Waals surface area contributed by atoms with Crippen molar-refractivity contribution in [2.24, 2.45) is 0 Å². The van der Waals surface area contributed by atoms with E-state index in [0.717, 1.165) is 30.8 Å². The summed E-state index contributed by atoms with van der Waals surface area (Å²) in [5.74, 6) is -0.497. The molecule has 7 heteroatoms. The number of hydrogen-bond acceptors (Lipinski definition) is 4. The predicted octanol–water partition coefficient (Wildman–Crippen LogP) is 2.55. The number of fused-ring (bicyclic) bond motifs is 1. The molecule has 7 nitrogen and oxygen atoms in total. The molecule has 0 radical (unpaired) electrons. The van der Waals surface area contributed by atoms with E-state index in [2.05, 4.69) is 33.6 Å². The number of likely N-dealkylation sites (N-methyl/N-ethyl adjacent to an activating group) is 1. The number of hydrogen-bond donors (Lipinski definition) is 3. The van der Waals surface area contributed by atoms with Gasteiger partial charge in [-0.2, -0.15) is 0 Å². The van der Waals surface area contributed by atoms with Gasteiger partial charge in [-0.15, -0.1) is 0 Å². The first kappa shape index (κ1) is 20.6. The normalized spacial score (nSPS) is 13.3. The van der Waals surface area contributed by atoms with Crippen LogP contribution in [0.25, 0.3) is 0 Å². The Kier molecular flexibility index (Phi) is 5.95. The number of carbonyl (C=O) groups excluding carboxylic acids is 2. The summed E-state index contributed by atoms with van der Waals surface area (Å²) in [5, 5.41) is 5.76. The Morgan fingerprint density at radius 3 is 2.68 bits per heavy atom. The van der Waals surface area contributed by atoms with Gasteiger partial charge in [-0.25, -0.2) is 0 Å². The fraction of sp³-hybridized carbons (Fsp3) is 0.208. The summed E-state index contributed by atoms with van der Waals surface area (Å²) >= 11 is 0. The first-order chi connectivity index (χ1) is 15.0. The van der Waals surface area contributed by atoms with Gasteiger partial charge in [-0.05, 0) is 60.5 Å². The second kappa shape index (κ2) is 8.97. The fourth-order valence-corrected chi connectivity index (χ4v) is 3.64. The lowest BCUT2D eigenvalue weighted by Crippen LogP contribution is -2.26. The van der Waals surface area contributed by atoms with Crippen LogP contribution in [-0.4, -0.2) is 35.3 Å². The van der Waals surface area contributed by atoms with Crippen LogP contribution >= 0.6 is 0 Å². The molecule has 3 aromatic rings. The molecule has 0 fully saturated rings. The number of amides is 2. The molecule has 0 spiro atoms. The number of pyridine rings is 1. The highest BCUT2D eigenvalue weighted by Gasteiger charge is 2.14. The van der Waals surface area contributed by atoms with Crippen molar-refractivity contribution in [1.82, 2.24) is 15.2 Å². The van der Waals surface area contributed by atoms with Crippen molar-refractivity contribution in [3.05, 3.63) is 99.0 Å². The van der Waals surface area contributed by atoms with Crippen LogP contribution in [0, 0.1) is 0 Å². The second-order valence-corrected chi connectivity index (χ2v) is 7.75. The Balaban J connectivity index is 1.40. The van der Waals surface area contributed by atoms with Crippen molar-refractivity contribution in [2.45, 2.75) is 19.5 Å². The number of nitrogens with zero attached hydrogens (tertiary/aromatic N) is 1. The van der Waals surface area contributed by atoms with Gasteiger partial charge in [-0.1, -0.05) is 18.2 Å². The van der Waals surface area contributed by atoms with E-state index >= 15 is 0 Å². The van der Waals surface area contributed by atoms with Crippen LogP contribution in [0.1, 0.15) is 37.4 Å². The number of H-pyrrole nitrogens is 1. The van der Waals surface area contributed by atoms with E-state index in [1.54, 1.807) is 18.2 Å². The molecule has 1 aliphatic heterocycles. The van der Waals surface area contributed by atoms with Crippen LogP contribution in [0.15, 0.2) is 65.6 Å².